The van der Waals surface area contributed by atoms with Crippen LogP contribution in [0, 0.1) is 17.2 Å². The van der Waals surface area contributed by atoms with Crippen LogP contribution >= 0.6 is 0 Å². The summed E-state index contributed by atoms with van der Waals surface area (Å²) < 4.78 is 10.4. The average Bonchev–Trinajstić information content (AvgIpc) is 2.79. The smallest absolute Gasteiger partial charge is 0.266 e. The molecule has 1 saturated heterocycles. The van der Waals surface area contributed by atoms with E-state index < -0.39 is 0 Å². The first-order chi connectivity index (χ1) is 8.29. The second-order valence-corrected chi connectivity index (χ2v) is 4.26. The van der Waals surface area contributed by atoms with Crippen molar-refractivity contribution in [1.29, 1.82) is 5.26 Å². The number of morpholine rings is 1. The van der Waals surface area contributed by atoms with E-state index in [4.69, 9.17) is 14.5 Å². The first-order valence-electron chi connectivity index (χ1n) is 5.82. The van der Waals surface area contributed by atoms with E-state index in [-0.39, 0.29) is 5.92 Å². The lowest BCUT2D eigenvalue weighted by molar-refractivity contribution is 0.121. The van der Waals surface area contributed by atoms with Gasteiger partial charge in [-0.3, -0.25) is 0 Å². The number of rotatable bonds is 4. The van der Waals surface area contributed by atoms with Crippen LogP contribution in [-0.4, -0.2) is 36.4 Å². The Hall–Kier alpha value is -1.61. The molecule has 6 nitrogen and oxygen atoms in total. The van der Waals surface area contributed by atoms with Crippen molar-refractivity contribution < 1.29 is 9.26 Å². The van der Waals surface area contributed by atoms with Gasteiger partial charge < -0.3 is 14.2 Å². The molecule has 0 radical (unpaired) electrons. The van der Waals surface area contributed by atoms with E-state index in [1.54, 1.807) is 0 Å². The van der Waals surface area contributed by atoms with Gasteiger partial charge in [0, 0.05) is 25.9 Å². The van der Waals surface area contributed by atoms with E-state index in [9.17, 15) is 0 Å². The molecule has 1 aliphatic rings. The second-order valence-electron chi connectivity index (χ2n) is 4.26. The highest BCUT2D eigenvalue weighted by Crippen LogP contribution is 2.14. The number of hydrogen-bond donors (Lipinski definition) is 0. The molecule has 1 unspecified atom stereocenters. The maximum Gasteiger partial charge on any atom is 0.266 e. The molecule has 1 atom stereocenters. The van der Waals surface area contributed by atoms with Gasteiger partial charge in [0.1, 0.15) is 0 Å². The summed E-state index contributed by atoms with van der Waals surface area (Å²) >= 11 is 0. The largest absolute Gasteiger partial charge is 0.378 e. The fourth-order valence-electron chi connectivity index (χ4n) is 1.75. The third-order valence-corrected chi connectivity index (χ3v) is 2.71. The zero-order chi connectivity index (χ0) is 12.1. The van der Waals surface area contributed by atoms with Crippen molar-refractivity contribution >= 4 is 5.95 Å². The van der Waals surface area contributed by atoms with Gasteiger partial charge in [0.05, 0.1) is 19.3 Å². The molecule has 17 heavy (non-hydrogen) atoms. The van der Waals surface area contributed by atoms with Crippen molar-refractivity contribution in [1.82, 2.24) is 10.1 Å². The quantitative estimate of drug-likeness (QED) is 0.776. The molecular weight excluding hydrogens is 220 g/mol. The zero-order valence-electron chi connectivity index (χ0n) is 9.93. The molecule has 1 aromatic heterocycles. The van der Waals surface area contributed by atoms with E-state index in [0.29, 0.717) is 37.9 Å². The summed E-state index contributed by atoms with van der Waals surface area (Å²) in [5, 5.41) is 12.5. The highest BCUT2D eigenvalue weighted by Gasteiger charge is 2.17. The Bertz CT molecular complexity index is 392. The Morgan fingerprint density at radius 2 is 2.24 bits per heavy atom. The van der Waals surface area contributed by atoms with Crippen LogP contribution in [0.2, 0.25) is 0 Å². The lowest BCUT2D eigenvalue weighted by atomic mass is 10.1. The fourth-order valence-corrected chi connectivity index (χ4v) is 1.75. The number of nitrogens with zero attached hydrogens (tertiary/aromatic N) is 4. The van der Waals surface area contributed by atoms with Crippen molar-refractivity contribution in [2.75, 3.05) is 31.2 Å². The van der Waals surface area contributed by atoms with Crippen molar-refractivity contribution in [2.45, 2.75) is 19.8 Å². The highest BCUT2D eigenvalue weighted by atomic mass is 16.5. The van der Waals surface area contributed by atoms with Crippen molar-refractivity contribution in [2.24, 2.45) is 5.92 Å². The number of anilines is 1. The summed E-state index contributed by atoms with van der Waals surface area (Å²) in [5.74, 6) is 1.49. The lowest BCUT2D eigenvalue weighted by Crippen LogP contribution is -2.36. The summed E-state index contributed by atoms with van der Waals surface area (Å²) in [6, 6.07) is 2.14. The van der Waals surface area contributed by atoms with E-state index in [0.717, 1.165) is 13.1 Å². The van der Waals surface area contributed by atoms with Crippen molar-refractivity contribution in [3.63, 3.8) is 0 Å². The van der Waals surface area contributed by atoms with Crippen LogP contribution < -0.4 is 4.90 Å². The molecule has 0 saturated carbocycles. The maximum absolute atomic E-state index is 8.58. The minimum absolute atomic E-state index is 0.248. The maximum atomic E-state index is 8.58. The number of ether oxygens (including phenoxy) is 1. The Morgan fingerprint density at radius 1 is 1.47 bits per heavy atom. The molecule has 1 aromatic rings. The van der Waals surface area contributed by atoms with Gasteiger partial charge >= 0.3 is 0 Å². The van der Waals surface area contributed by atoms with Gasteiger partial charge in [0.2, 0.25) is 5.89 Å². The molecular formula is C11H16N4O2. The summed E-state index contributed by atoms with van der Waals surface area (Å²) in [5.41, 5.74) is 0. The lowest BCUT2D eigenvalue weighted by Gasteiger charge is -2.24. The standard InChI is InChI=1S/C11H16N4O2/c1-9(2-3-12)8-10-13-11(14-17-10)15-4-6-16-7-5-15/h9H,2,4-8H2,1H3. The number of nitriles is 1. The Balaban J connectivity index is 1.93. The molecule has 0 bridgehead atoms. The Kier molecular flexibility index (Phi) is 3.94. The molecule has 1 fully saturated rings. The van der Waals surface area contributed by atoms with E-state index in [2.05, 4.69) is 16.2 Å². The van der Waals surface area contributed by atoms with Gasteiger partial charge in [-0.05, 0) is 11.1 Å². The van der Waals surface area contributed by atoms with Gasteiger partial charge in [-0.15, -0.1) is 0 Å². The topological polar surface area (TPSA) is 75.2 Å². The van der Waals surface area contributed by atoms with Crippen molar-refractivity contribution in [3.8, 4) is 6.07 Å². The van der Waals surface area contributed by atoms with Gasteiger partial charge in [-0.25, -0.2) is 0 Å². The van der Waals surface area contributed by atoms with Crippen molar-refractivity contribution in [3.05, 3.63) is 5.89 Å². The summed E-state index contributed by atoms with van der Waals surface area (Å²) in [4.78, 5) is 6.39. The first kappa shape index (κ1) is 11.9. The third kappa shape index (κ3) is 3.17. The fraction of sp³-hybridized carbons (Fsp3) is 0.727. The number of aromatic nitrogens is 2. The van der Waals surface area contributed by atoms with Gasteiger partial charge in [0.15, 0.2) is 0 Å². The van der Waals surface area contributed by atoms with Crippen LogP contribution in [0.5, 0.6) is 0 Å². The average molecular weight is 236 g/mol. The predicted molar refractivity (Wildman–Crippen MR) is 60.4 cm³/mol. The number of hydrogen-bond acceptors (Lipinski definition) is 6. The normalized spacial score (nSPS) is 17.8. The van der Waals surface area contributed by atoms with Crippen LogP contribution in [0.15, 0.2) is 4.52 Å². The highest BCUT2D eigenvalue weighted by molar-refractivity contribution is 5.27. The van der Waals surface area contributed by atoms with E-state index in [1.807, 2.05) is 11.8 Å². The molecule has 6 heteroatoms. The summed E-state index contributed by atoms with van der Waals surface area (Å²) in [7, 11) is 0. The molecule has 1 aliphatic heterocycles. The molecule has 0 aromatic carbocycles. The van der Waals surface area contributed by atoms with Gasteiger partial charge in [-0.1, -0.05) is 6.92 Å². The monoisotopic (exact) mass is 236 g/mol. The molecule has 2 rings (SSSR count). The first-order valence-corrected chi connectivity index (χ1v) is 5.82. The molecule has 2 heterocycles. The van der Waals surface area contributed by atoms with E-state index in [1.165, 1.54) is 0 Å². The van der Waals surface area contributed by atoms with Crippen LogP contribution in [-0.2, 0) is 11.2 Å². The molecule has 0 amide bonds. The van der Waals surface area contributed by atoms with E-state index >= 15 is 0 Å². The Labute approximate surface area is 100 Å². The second kappa shape index (κ2) is 5.64. The zero-order valence-corrected chi connectivity index (χ0v) is 9.93. The molecule has 0 N–H and O–H groups in total. The van der Waals surface area contributed by atoms with Crippen LogP contribution in [0.4, 0.5) is 5.95 Å². The van der Waals surface area contributed by atoms with Crippen LogP contribution in [0.3, 0.4) is 0 Å². The molecule has 0 spiro atoms. The van der Waals surface area contributed by atoms with Crippen LogP contribution in [0.25, 0.3) is 0 Å². The van der Waals surface area contributed by atoms with Crippen LogP contribution in [0.1, 0.15) is 19.2 Å². The van der Waals surface area contributed by atoms with Gasteiger partial charge in [0.25, 0.3) is 5.95 Å². The summed E-state index contributed by atoms with van der Waals surface area (Å²) in [6.07, 6.45) is 1.17. The molecule has 0 aliphatic carbocycles. The molecule has 92 valence electrons. The minimum Gasteiger partial charge on any atom is -0.378 e. The van der Waals surface area contributed by atoms with Gasteiger partial charge in [-0.2, -0.15) is 10.2 Å². The SMILES string of the molecule is CC(CC#N)Cc1nc(N2CCOCC2)no1. The third-order valence-electron chi connectivity index (χ3n) is 2.71. The predicted octanol–water partition coefficient (Wildman–Crippen LogP) is 0.998. The summed E-state index contributed by atoms with van der Waals surface area (Å²) in [6.45, 7) is 5.00. The Morgan fingerprint density at radius 3 is 2.94 bits per heavy atom. The minimum atomic E-state index is 0.248.